The molecule has 8 heteroatoms. The summed E-state index contributed by atoms with van der Waals surface area (Å²) in [4.78, 5) is 10.7. The number of carboxylic acids is 1. The molecule has 1 saturated heterocycles. The topological polar surface area (TPSA) is 96.6 Å². The summed E-state index contributed by atoms with van der Waals surface area (Å²) < 4.78 is 31.8. The van der Waals surface area contributed by atoms with Crippen molar-refractivity contribution in [1.29, 1.82) is 0 Å². The summed E-state index contributed by atoms with van der Waals surface area (Å²) in [5.41, 5.74) is 0. The first-order valence-corrected chi connectivity index (χ1v) is 8.95. The molecule has 0 radical (unpaired) electrons. The molecule has 6 nitrogen and oxygen atoms in total. The van der Waals surface area contributed by atoms with Crippen LogP contribution in [0.25, 0.3) is 0 Å². The Morgan fingerprint density at radius 3 is 2.70 bits per heavy atom. The smallest absolute Gasteiger partial charge is 0.371 e. The Hall–Kier alpha value is -0.990. The lowest BCUT2D eigenvalue weighted by Gasteiger charge is -2.21. The quantitative estimate of drug-likeness (QED) is 0.857. The first kappa shape index (κ1) is 15.4. The molecule has 0 unspecified atom stereocenters. The number of thioether (sulfide) groups is 1. The first-order valence-electron chi connectivity index (χ1n) is 6.31. The third-order valence-electron chi connectivity index (χ3n) is 3.28. The molecule has 0 bridgehead atoms. The number of furan rings is 1. The molecule has 1 aromatic heterocycles. The molecule has 2 rings (SSSR count). The van der Waals surface area contributed by atoms with E-state index in [4.69, 9.17) is 9.52 Å². The van der Waals surface area contributed by atoms with Crippen molar-refractivity contribution in [1.82, 2.24) is 4.72 Å². The van der Waals surface area contributed by atoms with Gasteiger partial charge < -0.3 is 9.52 Å². The summed E-state index contributed by atoms with van der Waals surface area (Å²) in [5, 5.41) is 8.81. The number of carboxylic acid groups (broad SMARTS) is 1. The molecule has 0 aliphatic carbocycles. The van der Waals surface area contributed by atoms with Gasteiger partial charge in [0.1, 0.15) is 10.7 Å². The summed E-state index contributed by atoms with van der Waals surface area (Å²) in [6.45, 7) is 1.83. The molecule has 0 aromatic carbocycles. The molecule has 2 heterocycles. The molecule has 0 saturated carbocycles. The minimum Gasteiger partial charge on any atom is -0.475 e. The van der Waals surface area contributed by atoms with Crippen LogP contribution >= 0.6 is 11.8 Å². The summed E-state index contributed by atoms with van der Waals surface area (Å²) in [6.07, 6.45) is 2.00. The van der Waals surface area contributed by atoms with E-state index >= 15 is 0 Å². The molecule has 112 valence electrons. The zero-order valence-electron chi connectivity index (χ0n) is 11.1. The zero-order chi connectivity index (χ0) is 14.8. The summed E-state index contributed by atoms with van der Waals surface area (Å²) in [5.74, 6) is 0.905. The van der Waals surface area contributed by atoms with E-state index in [1.165, 1.54) is 6.92 Å². The van der Waals surface area contributed by atoms with Crippen LogP contribution in [0, 0.1) is 12.8 Å². The van der Waals surface area contributed by atoms with E-state index < -0.39 is 16.0 Å². The standard InChI is InChI=1S/C12H17NO5S2/c1-8-11(6-10(18-8)12(14)15)20(16,17)13-7-9-2-4-19-5-3-9/h6,9,13H,2-5,7H2,1H3,(H,14,15). The van der Waals surface area contributed by atoms with Crippen molar-refractivity contribution in [2.75, 3.05) is 18.1 Å². The van der Waals surface area contributed by atoms with Crippen LogP contribution in [0.3, 0.4) is 0 Å². The fourth-order valence-corrected chi connectivity index (χ4v) is 4.59. The van der Waals surface area contributed by atoms with Gasteiger partial charge >= 0.3 is 5.97 Å². The molecule has 0 spiro atoms. The molecular weight excluding hydrogens is 302 g/mol. The number of carbonyl (C=O) groups is 1. The summed E-state index contributed by atoms with van der Waals surface area (Å²) >= 11 is 1.88. The van der Waals surface area contributed by atoms with Crippen molar-refractivity contribution >= 4 is 27.8 Å². The Morgan fingerprint density at radius 2 is 2.15 bits per heavy atom. The highest BCUT2D eigenvalue weighted by atomic mass is 32.2. The van der Waals surface area contributed by atoms with Crippen LogP contribution in [0.2, 0.25) is 0 Å². The summed E-state index contributed by atoms with van der Waals surface area (Å²) in [7, 11) is -3.72. The highest BCUT2D eigenvalue weighted by Gasteiger charge is 2.25. The van der Waals surface area contributed by atoms with Crippen LogP contribution in [0.1, 0.15) is 29.2 Å². The van der Waals surface area contributed by atoms with E-state index in [1.54, 1.807) is 0 Å². The van der Waals surface area contributed by atoms with E-state index in [-0.39, 0.29) is 16.4 Å². The Balaban J connectivity index is 2.07. The van der Waals surface area contributed by atoms with Crippen LogP contribution in [0.5, 0.6) is 0 Å². The van der Waals surface area contributed by atoms with Crippen molar-refractivity contribution in [2.45, 2.75) is 24.7 Å². The molecule has 2 N–H and O–H groups in total. The highest BCUT2D eigenvalue weighted by molar-refractivity contribution is 7.99. The van der Waals surface area contributed by atoms with E-state index in [0.717, 1.165) is 30.4 Å². The number of aryl methyl sites for hydroxylation is 1. The van der Waals surface area contributed by atoms with Gasteiger partial charge in [-0.15, -0.1) is 0 Å². The summed E-state index contributed by atoms with van der Waals surface area (Å²) in [6, 6.07) is 1.05. The third-order valence-corrected chi connectivity index (χ3v) is 5.86. The minimum atomic E-state index is -3.72. The lowest BCUT2D eigenvalue weighted by atomic mass is 10.0. The SMILES string of the molecule is Cc1oc(C(=O)O)cc1S(=O)(=O)NCC1CCSCC1. The van der Waals surface area contributed by atoms with Gasteiger partial charge in [-0.25, -0.2) is 17.9 Å². The second-order valence-corrected chi connectivity index (χ2v) is 7.70. The van der Waals surface area contributed by atoms with Crippen molar-refractivity contribution in [3.8, 4) is 0 Å². The third kappa shape index (κ3) is 3.56. The maximum Gasteiger partial charge on any atom is 0.371 e. The van der Waals surface area contributed by atoms with Crippen LogP contribution < -0.4 is 4.72 Å². The fraction of sp³-hybridized carbons (Fsp3) is 0.583. The van der Waals surface area contributed by atoms with Gasteiger partial charge in [0.05, 0.1) is 0 Å². The van der Waals surface area contributed by atoms with Gasteiger partial charge in [0, 0.05) is 12.6 Å². The lowest BCUT2D eigenvalue weighted by molar-refractivity contribution is 0.0661. The first-order chi connectivity index (χ1) is 9.40. The molecule has 1 aromatic rings. The molecule has 20 heavy (non-hydrogen) atoms. The van der Waals surface area contributed by atoms with E-state index in [0.29, 0.717) is 12.5 Å². The molecule has 1 aliphatic rings. The second kappa shape index (κ2) is 6.19. The van der Waals surface area contributed by atoms with Gasteiger partial charge in [-0.3, -0.25) is 0 Å². The fourth-order valence-electron chi connectivity index (χ4n) is 2.09. The second-order valence-electron chi connectivity index (χ2n) is 4.74. The Kier molecular flexibility index (Phi) is 4.77. The van der Waals surface area contributed by atoms with Gasteiger partial charge in [-0.1, -0.05) is 0 Å². The number of hydrogen-bond acceptors (Lipinski definition) is 5. The van der Waals surface area contributed by atoms with Gasteiger partial charge in [0.2, 0.25) is 15.8 Å². The maximum atomic E-state index is 12.2. The van der Waals surface area contributed by atoms with Crippen molar-refractivity contribution < 1.29 is 22.7 Å². The average Bonchev–Trinajstić information content (AvgIpc) is 2.81. The minimum absolute atomic E-state index is 0.0918. The number of sulfonamides is 1. The monoisotopic (exact) mass is 319 g/mol. The largest absolute Gasteiger partial charge is 0.475 e. The van der Waals surface area contributed by atoms with E-state index in [9.17, 15) is 13.2 Å². The molecule has 0 amide bonds. The van der Waals surface area contributed by atoms with Gasteiger partial charge in [0.15, 0.2) is 0 Å². The number of rotatable bonds is 5. The molecular formula is C12H17NO5S2. The Bertz CT molecular complexity index is 587. The molecule has 1 fully saturated rings. The van der Waals surface area contributed by atoms with Crippen molar-refractivity contribution in [3.63, 3.8) is 0 Å². The van der Waals surface area contributed by atoms with Crippen LogP contribution in [-0.2, 0) is 10.0 Å². The predicted octanol–water partition coefficient (Wildman–Crippen LogP) is 1.71. The highest BCUT2D eigenvalue weighted by Crippen LogP contribution is 2.24. The predicted molar refractivity (Wildman–Crippen MR) is 75.6 cm³/mol. The van der Waals surface area contributed by atoms with Crippen LogP contribution in [-0.4, -0.2) is 37.5 Å². The van der Waals surface area contributed by atoms with Crippen molar-refractivity contribution in [3.05, 3.63) is 17.6 Å². The number of aromatic carboxylic acids is 1. The number of hydrogen-bond donors (Lipinski definition) is 2. The molecule has 0 atom stereocenters. The lowest BCUT2D eigenvalue weighted by Crippen LogP contribution is -2.31. The zero-order valence-corrected chi connectivity index (χ0v) is 12.7. The van der Waals surface area contributed by atoms with E-state index in [1.807, 2.05) is 11.8 Å². The molecule has 1 aliphatic heterocycles. The van der Waals surface area contributed by atoms with E-state index in [2.05, 4.69) is 4.72 Å². The van der Waals surface area contributed by atoms with Gasteiger partial charge in [-0.05, 0) is 37.2 Å². The van der Waals surface area contributed by atoms with Crippen LogP contribution in [0.4, 0.5) is 0 Å². The maximum absolute atomic E-state index is 12.2. The van der Waals surface area contributed by atoms with Gasteiger partial charge in [0.25, 0.3) is 0 Å². The number of nitrogens with one attached hydrogen (secondary N) is 1. The van der Waals surface area contributed by atoms with Gasteiger partial charge in [-0.2, -0.15) is 11.8 Å². The Labute approximate surface area is 122 Å². The van der Waals surface area contributed by atoms with Crippen molar-refractivity contribution in [2.24, 2.45) is 5.92 Å². The average molecular weight is 319 g/mol. The Morgan fingerprint density at radius 1 is 1.50 bits per heavy atom. The van der Waals surface area contributed by atoms with Crippen LogP contribution in [0.15, 0.2) is 15.4 Å². The normalized spacial score (nSPS) is 17.2.